The molecule has 1 aliphatic heterocycles. The number of morpholine rings is 1. The number of hydrogen-bond acceptors (Lipinski definition) is 5. The third kappa shape index (κ3) is 7.94. The number of aryl methyl sites for hydroxylation is 1. The Morgan fingerprint density at radius 1 is 1.17 bits per heavy atom. The number of rotatable bonds is 8. The predicted octanol–water partition coefficient (Wildman–Crippen LogP) is 2.70. The van der Waals surface area contributed by atoms with Crippen molar-refractivity contribution >= 4 is 29.9 Å². The van der Waals surface area contributed by atoms with Gasteiger partial charge in [-0.3, -0.25) is 9.89 Å². The van der Waals surface area contributed by atoms with Crippen LogP contribution in [0.5, 0.6) is 0 Å². The maximum atomic E-state index is 5.63. The quantitative estimate of drug-likeness (QED) is 0.321. The Morgan fingerprint density at radius 3 is 2.66 bits per heavy atom. The van der Waals surface area contributed by atoms with Gasteiger partial charge in [-0.05, 0) is 26.0 Å². The zero-order valence-corrected chi connectivity index (χ0v) is 19.6. The molecule has 0 atom stereocenters. The fourth-order valence-corrected chi connectivity index (χ4v) is 3.03. The molecule has 8 heteroatoms. The van der Waals surface area contributed by atoms with Crippen molar-refractivity contribution in [3.05, 3.63) is 41.8 Å². The van der Waals surface area contributed by atoms with Crippen molar-refractivity contribution < 1.29 is 9.15 Å². The second kappa shape index (κ2) is 12.8. The molecule has 3 rings (SSSR count). The van der Waals surface area contributed by atoms with Gasteiger partial charge in [0.2, 0.25) is 5.89 Å². The lowest BCUT2D eigenvalue weighted by atomic mass is 10.1. The first-order valence-corrected chi connectivity index (χ1v) is 10.1. The van der Waals surface area contributed by atoms with Gasteiger partial charge < -0.3 is 19.8 Å². The highest BCUT2D eigenvalue weighted by Crippen LogP contribution is 2.19. The van der Waals surface area contributed by atoms with Crippen LogP contribution in [0.1, 0.15) is 18.2 Å². The summed E-state index contributed by atoms with van der Waals surface area (Å²) in [5, 5.41) is 6.67. The molecule has 29 heavy (non-hydrogen) atoms. The van der Waals surface area contributed by atoms with Crippen LogP contribution in [0.15, 0.2) is 39.9 Å². The first-order valence-electron chi connectivity index (χ1n) is 10.1. The van der Waals surface area contributed by atoms with E-state index in [9.17, 15) is 0 Å². The van der Waals surface area contributed by atoms with Gasteiger partial charge in [0.25, 0.3) is 0 Å². The van der Waals surface area contributed by atoms with E-state index in [4.69, 9.17) is 9.15 Å². The van der Waals surface area contributed by atoms with Gasteiger partial charge in [0, 0.05) is 44.7 Å². The van der Waals surface area contributed by atoms with E-state index in [1.807, 2.05) is 12.1 Å². The molecule has 0 spiro atoms. The summed E-state index contributed by atoms with van der Waals surface area (Å²) in [4.78, 5) is 11.6. The van der Waals surface area contributed by atoms with Crippen LogP contribution in [0.2, 0.25) is 0 Å². The van der Waals surface area contributed by atoms with Crippen molar-refractivity contribution in [2.45, 2.75) is 20.3 Å². The topological polar surface area (TPSA) is 74.9 Å². The number of nitrogens with zero attached hydrogens (tertiary/aromatic N) is 3. The standard InChI is InChI=1S/C21H31N5O2.HI/c1-3-22-21(24-10-11-26-12-14-27-15-13-26)23-9-8-19-16-28-20(25-19)18-6-4-17(2)5-7-18;/h4-7,16H,3,8-15H2,1-2H3,(H2,22,23,24);1H. The van der Waals surface area contributed by atoms with Crippen LogP contribution in [0.3, 0.4) is 0 Å². The van der Waals surface area contributed by atoms with Gasteiger partial charge in [-0.2, -0.15) is 0 Å². The molecule has 1 saturated heterocycles. The lowest BCUT2D eigenvalue weighted by Crippen LogP contribution is -2.40. The molecule has 0 bridgehead atoms. The second-order valence-electron chi connectivity index (χ2n) is 6.90. The molecule has 1 fully saturated rings. The summed E-state index contributed by atoms with van der Waals surface area (Å²) in [5.74, 6) is 1.51. The molecule has 1 aromatic heterocycles. The van der Waals surface area contributed by atoms with Crippen molar-refractivity contribution in [2.75, 3.05) is 52.5 Å². The Balaban J connectivity index is 0.00000300. The molecule has 2 aromatic rings. The minimum Gasteiger partial charge on any atom is -0.444 e. The van der Waals surface area contributed by atoms with Crippen LogP contribution < -0.4 is 10.6 Å². The summed E-state index contributed by atoms with van der Waals surface area (Å²) in [6, 6.07) is 8.20. The maximum Gasteiger partial charge on any atom is 0.226 e. The van der Waals surface area contributed by atoms with Crippen molar-refractivity contribution in [3.63, 3.8) is 0 Å². The van der Waals surface area contributed by atoms with Gasteiger partial charge in [0.15, 0.2) is 5.96 Å². The van der Waals surface area contributed by atoms with Crippen molar-refractivity contribution in [1.29, 1.82) is 0 Å². The lowest BCUT2D eigenvalue weighted by Gasteiger charge is -2.25. The molecule has 1 aliphatic rings. The van der Waals surface area contributed by atoms with Crippen LogP contribution in [-0.2, 0) is 11.2 Å². The van der Waals surface area contributed by atoms with Gasteiger partial charge in [0.1, 0.15) is 6.26 Å². The van der Waals surface area contributed by atoms with Crippen molar-refractivity contribution in [2.24, 2.45) is 4.99 Å². The number of halogens is 1. The number of nitrogens with one attached hydrogen (secondary N) is 2. The third-order valence-corrected chi connectivity index (χ3v) is 4.66. The number of hydrogen-bond donors (Lipinski definition) is 2. The minimum atomic E-state index is 0. The van der Waals surface area contributed by atoms with E-state index in [0.717, 1.165) is 76.1 Å². The maximum absolute atomic E-state index is 5.63. The van der Waals surface area contributed by atoms with Gasteiger partial charge >= 0.3 is 0 Å². The van der Waals surface area contributed by atoms with Crippen molar-refractivity contribution in [1.82, 2.24) is 20.5 Å². The second-order valence-corrected chi connectivity index (χ2v) is 6.90. The third-order valence-electron chi connectivity index (χ3n) is 4.66. The van der Waals surface area contributed by atoms with Gasteiger partial charge in [-0.1, -0.05) is 17.7 Å². The highest BCUT2D eigenvalue weighted by molar-refractivity contribution is 14.0. The predicted molar refractivity (Wildman–Crippen MR) is 127 cm³/mol. The smallest absolute Gasteiger partial charge is 0.226 e. The molecule has 2 heterocycles. The number of aromatic nitrogens is 1. The lowest BCUT2D eigenvalue weighted by molar-refractivity contribution is 0.0394. The van der Waals surface area contributed by atoms with E-state index in [2.05, 4.69) is 51.5 Å². The van der Waals surface area contributed by atoms with Gasteiger partial charge in [-0.15, -0.1) is 24.0 Å². The molecule has 0 amide bonds. The molecule has 7 nitrogen and oxygen atoms in total. The fourth-order valence-electron chi connectivity index (χ4n) is 3.03. The summed E-state index contributed by atoms with van der Waals surface area (Å²) in [5.41, 5.74) is 3.17. The molecule has 1 aromatic carbocycles. The van der Waals surface area contributed by atoms with Crippen LogP contribution >= 0.6 is 24.0 Å². The highest BCUT2D eigenvalue weighted by atomic mass is 127. The Kier molecular flexibility index (Phi) is 10.4. The van der Waals surface area contributed by atoms with E-state index in [0.29, 0.717) is 5.89 Å². The molecule has 2 N–H and O–H groups in total. The number of aliphatic imine (C=N–C) groups is 1. The molecule has 160 valence electrons. The summed E-state index contributed by atoms with van der Waals surface area (Å²) in [6.07, 6.45) is 2.52. The summed E-state index contributed by atoms with van der Waals surface area (Å²) < 4.78 is 11.0. The molecule has 0 saturated carbocycles. The van der Waals surface area contributed by atoms with Crippen LogP contribution in [0.25, 0.3) is 11.5 Å². The average molecular weight is 513 g/mol. The normalized spacial score (nSPS) is 15.0. The average Bonchev–Trinajstić information content (AvgIpc) is 3.18. The summed E-state index contributed by atoms with van der Waals surface area (Å²) in [7, 11) is 0. The Bertz CT molecular complexity index is 742. The number of benzene rings is 1. The molecule has 0 radical (unpaired) electrons. The summed E-state index contributed by atoms with van der Waals surface area (Å²) in [6.45, 7) is 11.1. The number of oxazole rings is 1. The zero-order valence-electron chi connectivity index (χ0n) is 17.3. The van der Waals surface area contributed by atoms with E-state index >= 15 is 0 Å². The monoisotopic (exact) mass is 513 g/mol. The Labute approximate surface area is 190 Å². The van der Waals surface area contributed by atoms with Crippen LogP contribution in [0.4, 0.5) is 0 Å². The number of ether oxygens (including phenoxy) is 1. The van der Waals surface area contributed by atoms with E-state index in [1.54, 1.807) is 6.26 Å². The highest BCUT2D eigenvalue weighted by Gasteiger charge is 2.10. The van der Waals surface area contributed by atoms with E-state index in [-0.39, 0.29) is 24.0 Å². The zero-order chi connectivity index (χ0) is 19.6. The van der Waals surface area contributed by atoms with Crippen LogP contribution in [0, 0.1) is 6.92 Å². The SMILES string of the molecule is CCNC(=NCCN1CCOCC1)NCCc1coc(-c2ccc(C)cc2)n1.I. The largest absolute Gasteiger partial charge is 0.444 e. The van der Waals surface area contributed by atoms with Gasteiger partial charge in [-0.25, -0.2) is 4.98 Å². The fraction of sp³-hybridized carbons (Fsp3) is 0.524. The van der Waals surface area contributed by atoms with E-state index < -0.39 is 0 Å². The van der Waals surface area contributed by atoms with Crippen LogP contribution in [-0.4, -0.2) is 68.3 Å². The molecule has 0 aliphatic carbocycles. The Hall–Kier alpha value is -1.65. The Morgan fingerprint density at radius 2 is 1.93 bits per heavy atom. The minimum absolute atomic E-state index is 0. The molecular formula is C21H32IN5O2. The molecule has 0 unspecified atom stereocenters. The first kappa shape index (κ1) is 23.6. The van der Waals surface area contributed by atoms with Crippen molar-refractivity contribution in [3.8, 4) is 11.5 Å². The van der Waals surface area contributed by atoms with Gasteiger partial charge in [0.05, 0.1) is 25.5 Å². The number of guanidine groups is 1. The summed E-state index contributed by atoms with van der Waals surface area (Å²) >= 11 is 0. The first-order chi connectivity index (χ1) is 13.7. The van der Waals surface area contributed by atoms with E-state index in [1.165, 1.54) is 5.56 Å². The molecular weight excluding hydrogens is 481 g/mol.